The summed E-state index contributed by atoms with van der Waals surface area (Å²) >= 11 is 6.04. The van der Waals surface area contributed by atoms with Crippen molar-refractivity contribution >= 4 is 23.2 Å². The Balaban J connectivity index is 2.63. The molecular weight excluding hydrogens is 248 g/mol. The maximum Gasteiger partial charge on any atom is 0.242 e. The standard InChI is InChI=1S/C14H21ClN2O/c1-5-14(3,4)17-13(18)10(2)16-12-9-7-6-8-11(12)15/h6-10,16H,5H2,1-4H3,(H,17,18). The number of carbonyl (C=O) groups excluding carboxylic acids is 1. The lowest BCUT2D eigenvalue weighted by Gasteiger charge is -2.27. The molecule has 18 heavy (non-hydrogen) atoms. The third kappa shape index (κ3) is 4.22. The molecule has 0 heterocycles. The molecular formula is C14H21ClN2O. The lowest BCUT2D eigenvalue weighted by atomic mass is 10.0. The molecule has 100 valence electrons. The van der Waals surface area contributed by atoms with E-state index in [1.54, 1.807) is 6.07 Å². The molecule has 0 fully saturated rings. The summed E-state index contributed by atoms with van der Waals surface area (Å²) in [5.41, 5.74) is 0.587. The van der Waals surface area contributed by atoms with Gasteiger partial charge < -0.3 is 10.6 Å². The summed E-state index contributed by atoms with van der Waals surface area (Å²) < 4.78 is 0. The molecule has 1 atom stereocenters. The Hall–Kier alpha value is -1.22. The molecule has 0 spiro atoms. The van der Waals surface area contributed by atoms with Gasteiger partial charge in [0.1, 0.15) is 6.04 Å². The second-order valence-corrected chi connectivity index (χ2v) is 5.48. The van der Waals surface area contributed by atoms with E-state index in [0.717, 1.165) is 12.1 Å². The molecule has 2 N–H and O–H groups in total. The number of anilines is 1. The molecule has 0 aromatic heterocycles. The van der Waals surface area contributed by atoms with Gasteiger partial charge in [0.05, 0.1) is 10.7 Å². The van der Waals surface area contributed by atoms with Crippen LogP contribution in [0.3, 0.4) is 0 Å². The first kappa shape index (κ1) is 14.8. The highest BCUT2D eigenvalue weighted by atomic mass is 35.5. The monoisotopic (exact) mass is 268 g/mol. The van der Waals surface area contributed by atoms with Gasteiger partial charge in [-0.05, 0) is 39.3 Å². The van der Waals surface area contributed by atoms with Crippen molar-refractivity contribution in [2.24, 2.45) is 0 Å². The van der Waals surface area contributed by atoms with Crippen molar-refractivity contribution in [2.75, 3.05) is 5.32 Å². The van der Waals surface area contributed by atoms with Crippen LogP contribution in [-0.2, 0) is 4.79 Å². The lowest BCUT2D eigenvalue weighted by molar-refractivity contribution is -0.123. The van der Waals surface area contributed by atoms with Crippen molar-refractivity contribution in [3.8, 4) is 0 Å². The average molecular weight is 269 g/mol. The molecule has 0 bridgehead atoms. The topological polar surface area (TPSA) is 41.1 Å². The Morgan fingerprint density at radius 3 is 2.56 bits per heavy atom. The Kier molecular flexibility index (Phi) is 5.03. The van der Waals surface area contributed by atoms with Crippen molar-refractivity contribution in [3.05, 3.63) is 29.3 Å². The summed E-state index contributed by atoms with van der Waals surface area (Å²) in [6.07, 6.45) is 0.886. The number of para-hydroxylation sites is 1. The van der Waals surface area contributed by atoms with E-state index in [0.29, 0.717) is 5.02 Å². The van der Waals surface area contributed by atoms with Gasteiger partial charge in [0.25, 0.3) is 0 Å². The third-order valence-corrected chi connectivity index (χ3v) is 3.31. The van der Waals surface area contributed by atoms with Crippen LogP contribution in [0.1, 0.15) is 34.1 Å². The van der Waals surface area contributed by atoms with Gasteiger partial charge in [0.2, 0.25) is 5.91 Å². The second-order valence-electron chi connectivity index (χ2n) is 5.07. The molecule has 0 radical (unpaired) electrons. The molecule has 1 rings (SSSR count). The fraction of sp³-hybridized carbons (Fsp3) is 0.500. The molecule has 0 aliphatic carbocycles. The summed E-state index contributed by atoms with van der Waals surface area (Å²) in [6, 6.07) is 7.07. The van der Waals surface area contributed by atoms with Gasteiger partial charge in [-0.25, -0.2) is 0 Å². The summed E-state index contributed by atoms with van der Waals surface area (Å²) in [5.74, 6) is -0.0261. The van der Waals surface area contributed by atoms with E-state index in [1.807, 2.05) is 45.9 Å². The van der Waals surface area contributed by atoms with Crippen molar-refractivity contribution in [2.45, 2.75) is 45.7 Å². The number of nitrogens with one attached hydrogen (secondary N) is 2. The largest absolute Gasteiger partial charge is 0.373 e. The highest BCUT2D eigenvalue weighted by Crippen LogP contribution is 2.21. The lowest BCUT2D eigenvalue weighted by Crippen LogP contribution is -2.48. The van der Waals surface area contributed by atoms with Crippen molar-refractivity contribution in [1.29, 1.82) is 0 Å². The number of rotatable bonds is 5. The van der Waals surface area contributed by atoms with Crippen LogP contribution in [0.2, 0.25) is 5.02 Å². The minimum atomic E-state index is -0.323. The van der Waals surface area contributed by atoms with Crippen molar-refractivity contribution in [3.63, 3.8) is 0 Å². The number of amides is 1. The van der Waals surface area contributed by atoms with Crippen LogP contribution in [0.15, 0.2) is 24.3 Å². The van der Waals surface area contributed by atoms with E-state index in [9.17, 15) is 4.79 Å². The minimum absolute atomic E-state index is 0.0261. The molecule has 0 aliphatic rings. The van der Waals surface area contributed by atoms with Crippen LogP contribution in [0.4, 0.5) is 5.69 Å². The zero-order valence-electron chi connectivity index (χ0n) is 11.4. The van der Waals surface area contributed by atoms with E-state index in [1.165, 1.54) is 0 Å². The Morgan fingerprint density at radius 1 is 1.39 bits per heavy atom. The molecule has 0 aliphatic heterocycles. The van der Waals surface area contributed by atoms with Gasteiger partial charge in [-0.3, -0.25) is 4.79 Å². The summed E-state index contributed by atoms with van der Waals surface area (Å²) in [5, 5.41) is 6.73. The van der Waals surface area contributed by atoms with E-state index in [2.05, 4.69) is 10.6 Å². The SMILES string of the molecule is CCC(C)(C)NC(=O)C(C)Nc1ccccc1Cl. The zero-order chi connectivity index (χ0) is 13.8. The van der Waals surface area contributed by atoms with E-state index >= 15 is 0 Å². The number of hydrogen-bond donors (Lipinski definition) is 2. The van der Waals surface area contributed by atoms with Crippen molar-refractivity contribution < 1.29 is 4.79 Å². The Labute approximate surface area is 114 Å². The normalized spacial score (nSPS) is 12.9. The van der Waals surface area contributed by atoms with Gasteiger partial charge in [-0.15, -0.1) is 0 Å². The van der Waals surface area contributed by atoms with Crippen LogP contribution in [0, 0.1) is 0 Å². The number of carbonyl (C=O) groups is 1. The van der Waals surface area contributed by atoms with Crippen LogP contribution in [0.5, 0.6) is 0 Å². The van der Waals surface area contributed by atoms with Crippen LogP contribution < -0.4 is 10.6 Å². The molecule has 0 saturated heterocycles. The van der Waals surface area contributed by atoms with Crippen LogP contribution >= 0.6 is 11.6 Å². The Bertz CT molecular complexity index is 418. The molecule has 0 saturated carbocycles. The molecule has 1 aromatic carbocycles. The summed E-state index contributed by atoms with van der Waals surface area (Å²) in [6.45, 7) is 7.89. The smallest absolute Gasteiger partial charge is 0.242 e. The summed E-state index contributed by atoms with van der Waals surface area (Å²) in [4.78, 5) is 12.0. The van der Waals surface area contributed by atoms with E-state index in [4.69, 9.17) is 11.6 Å². The number of benzene rings is 1. The zero-order valence-corrected chi connectivity index (χ0v) is 12.1. The molecule has 1 amide bonds. The first-order valence-corrected chi connectivity index (χ1v) is 6.56. The van der Waals surface area contributed by atoms with Crippen LogP contribution in [0.25, 0.3) is 0 Å². The van der Waals surface area contributed by atoms with Gasteiger partial charge >= 0.3 is 0 Å². The summed E-state index contributed by atoms with van der Waals surface area (Å²) in [7, 11) is 0. The molecule has 4 heteroatoms. The minimum Gasteiger partial charge on any atom is -0.373 e. The highest BCUT2D eigenvalue weighted by Gasteiger charge is 2.21. The predicted molar refractivity (Wildman–Crippen MR) is 77.0 cm³/mol. The number of hydrogen-bond acceptors (Lipinski definition) is 2. The van der Waals surface area contributed by atoms with Gasteiger partial charge in [0.15, 0.2) is 0 Å². The number of halogens is 1. The third-order valence-electron chi connectivity index (χ3n) is 2.98. The van der Waals surface area contributed by atoms with Gasteiger partial charge in [-0.1, -0.05) is 30.7 Å². The first-order chi connectivity index (χ1) is 8.35. The fourth-order valence-corrected chi connectivity index (χ4v) is 1.60. The van der Waals surface area contributed by atoms with E-state index in [-0.39, 0.29) is 17.5 Å². The maximum atomic E-state index is 12.0. The average Bonchev–Trinajstić information content (AvgIpc) is 2.31. The predicted octanol–water partition coefficient (Wildman–Crippen LogP) is 3.45. The maximum absolute atomic E-state index is 12.0. The molecule has 3 nitrogen and oxygen atoms in total. The second kappa shape index (κ2) is 6.10. The first-order valence-electron chi connectivity index (χ1n) is 6.19. The van der Waals surface area contributed by atoms with E-state index < -0.39 is 0 Å². The molecule has 1 unspecified atom stereocenters. The molecule has 1 aromatic rings. The Morgan fingerprint density at radius 2 is 2.00 bits per heavy atom. The van der Waals surface area contributed by atoms with Gasteiger partial charge in [0, 0.05) is 5.54 Å². The highest BCUT2D eigenvalue weighted by molar-refractivity contribution is 6.33. The van der Waals surface area contributed by atoms with Crippen LogP contribution in [-0.4, -0.2) is 17.5 Å². The quantitative estimate of drug-likeness (QED) is 0.859. The fourth-order valence-electron chi connectivity index (χ4n) is 1.41. The van der Waals surface area contributed by atoms with Crippen molar-refractivity contribution in [1.82, 2.24) is 5.32 Å². The van der Waals surface area contributed by atoms with Gasteiger partial charge in [-0.2, -0.15) is 0 Å².